The maximum absolute atomic E-state index is 12.4. The van der Waals surface area contributed by atoms with Crippen LogP contribution in [-0.2, 0) is 17.9 Å². The molecule has 0 aliphatic carbocycles. The van der Waals surface area contributed by atoms with Crippen LogP contribution in [0, 0.1) is 0 Å². The molecule has 1 aliphatic rings. The second-order valence-corrected chi connectivity index (χ2v) is 7.43. The summed E-state index contributed by atoms with van der Waals surface area (Å²) in [5, 5.41) is 8.48. The Hall–Kier alpha value is -2.80. The average Bonchev–Trinajstić information content (AvgIpc) is 3.30. The Morgan fingerprint density at radius 2 is 1.93 bits per heavy atom. The van der Waals surface area contributed by atoms with Crippen molar-refractivity contribution in [1.29, 1.82) is 0 Å². The number of nitrogens with zero attached hydrogens (tertiary/aromatic N) is 4. The van der Waals surface area contributed by atoms with Gasteiger partial charge in [0.05, 0.1) is 25.6 Å². The number of aromatic nitrogens is 3. The maximum atomic E-state index is 12.4. The first-order chi connectivity index (χ1) is 13.2. The number of hydrogen-bond donors (Lipinski definition) is 0. The lowest BCUT2D eigenvalue weighted by atomic mass is 10.2. The summed E-state index contributed by atoms with van der Waals surface area (Å²) in [6.45, 7) is 1.19. The zero-order valence-electron chi connectivity index (χ0n) is 15.0. The Morgan fingerprint density at radius 1 is 1.11 bits per heavy atom. The molecule has 7 heteroatoms. The summed E-state index contributed by atoms with van der Waals surface area (Å²) >= 11 is 1.60. The molecule has 2 aromatic carbocycles. The molecule has 0 saturated carbocycles. The second kappa shape index (κ2) is 7.84. The zero-order valence-corrected chi connectivity index (χ0v) is 15.8. The Morgan fingerprint density at radius 3 is 2.74 bits per heavy atom. The van der Waals surface area contributed by atoms with Gasteiger partial charge in [-0.25, -0.2) is 4.68 Å². The minimum atomic E-state index is -0.100. The standard InChI is InChI=1S/C20H20N4O2S/c1-26-17-9-5-8-16(10-17)11-23-13-18(21-22-23)20-24(19(25)14-27-20)12-15-6-3-2-4-7-15/h2-10,13,20H,11-12,14H2,1H3/t20-/m0/s1. The van der Waals surface area contributed by atoms with Crippen molar-refractivity contribution in [2.45, 2.75) is 18.5 Å². The maximum Gasteiger partial charge on any atom is 0.234 e. The van der Waals surface area contributed by atoms with Crippen molar-refractivity contribution in [3.8, 4) is 5.75 Å². The fourth-order valence-electron chi connectivity index (χ4n) is 3.11. The summed E-state index contributed by atoms with van der Waals surface area (Å²) in [5.74, 6) is 1.43. The van der Waals surface area contributed by atoms with E-state index in [2.05, 4.69) is 10.3 Å². The van der Waals surface area contributed by atoms with Crippen LogP contribution < -0.4 is 4.74 Å². The Kier molecular flexibility index (Phi) is 5.11. The fraction of sp³-hybridized carbons (Fsp3) is 0.250. The molecule has 2 heterocycles. The van der Waals surface area contributed by atoms with Gasteiger partial charge in [0.25, 0.3) is 0 Å². The van der Waals surface area contributed by atoms with Crippen LogP contribution in [0.1, 0.15) is 22.2 Å². The van der Waals surface area contributed by atoms with Gasteiger partial charge in [0.1, 0.15) is 16.8 Å². The largest absolute Gasteiger partial charge is 0.497 e. The summed E-state index contributed by atoms with van der Waals surface area (Å²) < 4.78 is 7.07. The average molecular weight is 380 g/mol. The van der Waals surface area contributed by atoms with Gasteiger partial charge >= 0.3 is 0 Å². The zero-order chi connectivity index (χ0) is 18.6. The molecule has 138 valence electrons. The van der Waals surface area contributed by atoms with Crippen molar-refractivity contribution < 1.29 is 9.53 Å². The highest BCUT2D eigenvalue weighted by Crippen LogP contribution is 2.38. The summed E-state index contributed by atoms with van der Waals surface area (Å²) in [6.07, 6.45) is 1.92. The van der Waals surface area contributed by atoms with Gasteiger partial charge in [-0.15, -0.1) is 16.9 Å². The van der Waals surface area contributed by atoms with Crippen LogP contribution in [0.15, 0.2) is 60.8 Å². The number of thioether (sulfide) groups is 1. The van der Waals surface area contributed by atoms with Crippen LogP contribution in [0.2, 0.25) is 0 Å². The predicted molar refractivity (Wildman–Crippen MR) is 104 cm³/mol. The lowest BCUT2D eigenvalue weighted by molar-refractivity contribution is -0.128. The van der Waals surface area contributed by atoms with E-state index in [0.29, 0.717) is 18.8 Å². The molecule has 1 aliphatic heterocycles. The number of carbonyl (C=O) groups is 1. The molecule has 0 spiro atoms. The molecule has 4 rings (SSSR count). The first-order valence-electron chi connectivity index (χ1n) is 8.71. The molecule has 1 fully saturated rings. The number of amides is 1. The monoisotopic (exact) mass is 380 g/mol. The van der Waals surface area contributed by atoms with Gasteiger partial charge in [-0.3, -0.25) is 4.79 Å². The van der Waals surface area contributed by atoms with E-state index in [1.807, 2.05) is 65.7 Å². The molecule has 0 bridgehead atoms. The van der Waals surface area contributed by atoms with Crippen molar-refractivity contribution >= 4 is 17.7 Å². The molecule has 0 unspecified atom stereocenters. The molecular formula is C20H20N4O2S. The van der Waals surface area contributed by atoms with E-state index >= 15 is 0 Å². The van der Waals surface area contributed by atoms with E-state index in [4.69, 9.17) is 4.74 Å². The van der Waals surface area contributed by atoms with Gasteiger partial charge in [0.15, 0.2) is 0 Å². The van der Waals surface area contributed by atoms with Crippen LogP contribution in [-0.4, -0.2) is 38.7 Å². The van der Waals surface area contributed by atoms with Crippen LogP contribution in [0.4, 0.5) is 0 Å². The van der Waals surface area contributed by atoms with Gasteiger partial charge in [-0.2, -0.15) is 0 Å². The quantitative estimate of drug-likeness (QED) is 0.658. The summed E-state index contributed by atoms with van der Waals surface area (Å²) in [4.78, 5) is 14.2. The molecule has 1 atom stereocenters. The van der Waals surface area contributed by atoms with Crippen molar-refractivity contribution in [3.63, 3.8) is 0 Å². The SMILES string of the molecule is COc1cccc(Cn2cc([C@@H]3SCC(=O)N3Cc3ccccc3)nn2)c1. The highest BCUT2D eigenvalue weighted by Gasteiger charge is 2.34. The molecule has 0 N–H and O–H groups in total. The first-order valence-corrected chi connectivity index (χ1v) is 9.76. The van der Waals surface area contributed by atoms with Crippen LogP contribution >= 0.6 is 11.8 Å². The van der Waals surface area contributed by atoms with E-state index < -0.39 is 0 Å². The molecule has 1 aromatic heterocycles. The van der Waals surface area contributed by atoms with Gasteiger partial charge in [-0.1, -0.05) is 47.7 Å². The second-order valence-electron chi connectivity index (χ2n) is 6.36. The highest BCUT2D eigenvalue weighted by molar-refractivity contribution is 8.00. The summed E-state index contributed by atoms with van der Waals surface area (Å²) in [7, 11) is 1.66. The molecule has 1 amide bonds. The minimum absolute atomic E-state index is 0.100. The smallest absolute Gasteiger partial charge is 0.234 e. The van der Waals surface area contributed by atoms with Gasteiger partial charge in [-0.05, 0) is 23.3 Å². The highest BCUT2D eigenvalue weighted by atomic mass is 32.2. The molecule has 1 saturated heterocycles. The van der Waals surface area contributed by atoms with Crippen LogP contribution in [0.25, 0.3) is 0 Å². The van der Waals surface area contributed by atoms with Crippen LogP contribution in [0.3, 0.4) is 0 Å². The van der Waals surface area contributed by atoms with E-state index in [-0.39, 0.29) is 11.3 Å². The third-order valence-corrected chi connectivity index (χ3v) is 5.68. The third-order valence-electron chi connectivity index (χ3n) is 4.45. The van der Waals surface area contributed by atoms with Crippen LogP contribution in [0.5, 0.6) is 5.75 Å². The first kappa shape index (κ1) is 17.6. The lowest BCUT2D eigenvalue weighted by Crippen LogP contribution is -2.27. The van der Waals surface area contributed by atoms with Crippen molar-refractivity contribution in [2.24, 2.45) is 0 Å². The van der Waals surface area contributed by atoms with Crippen molar-refractivity contribution in [2.75, 3.05) is 12.9 Å². The van der Waals surface area contributed by atoms with E-state index in [1.165, 1.54) is 0 Å². The van der Waals surface area contributed by atoms with Crippen molar-refractivity contribution in [3.05, 3.63) is 77.6 Å². The van der Waals surface area contributed by atoms with Gasteiger partial charge in [0, 0.05) is 6.54 Å². The Bertz CT molecular complexity index is 928. The molecule has 6 nitrogen and oxygen atoms in total. The van der Waals surface area contributed by atoms with Gasteiger partial charge in [0.2, 0.25) is 5.91 Å². The minimum Gasteiger partial charge on any atom is -0.497 e. The number of benzene rings is 2. The Balaban J connectivity index is 1.50. The number of ether oxygens (including phenoxy) is 1. The molecular weight excluding hydrogens is 360 g/mol. The number of carbonyl (C=O) groups excluding carboxylic acids is 1. The predicted octanol–water partition coefficient (Wildman–Crippen LogP) is 3.11. The van der Waals surface area contributed by atoms with Crippen molar-refractivity contribution in [1.82, 2.24) is 19.9 Å². The lowest BCUT2D eigenvalue weighted by Gasteiger charge is -2.22. The molecule has 3 aromatic rings. The number of hydrogen-bond acceptors (Lipinski definition) is 5. The summed E-state index contributed by atoms with van der Waals surface area (Å²) in [5.41, 5.74) is 3.01. The van der Waals surface area contributed by atoms with E-state index in [0.717, 1.165) is 22.6 Å². The molecule has 27 heavy (non-hydrogen) atoms. The Labute approximate surface area is 162 Å². The molecule has 0 radical (unpaired) electrons. The summed E-state index contributed by atoms with van der Waals surface area (Å²) in [6, 6.07) is 17.9. The number of methoxy groups -OCH3 is 1. The number of rotatable bonds is 6. The fourth-order valence-corrected chi connectivity index (χ4v) is 4.23. The normalized spacial score (nSPS) is 16.7. The topological polar surface area (TPSA) is 60.2 Å². The third kappa shape index (κ3) is 3.98. The van der Waals surface area contributed by atoms with Gasteiger partial charge < -0.3 is 9.64 Å². The van der Waals surface area contributed by atoms with E-state index in [9.17, 15) is 4.79 Å². The van der Waals surface area contributed by atoms with E-state index in [1.54, 1.807) is 23.6 Å².